The molecule has 0 aromatic heterocycles. The van der Waals surface area contributed by atoms with Gasteiger partial charge in [0.1, 0.15) is 11.6 Å². The number of hydrogen-bond donors (Lipinski definition) is 2. The Bertz CT molecular complexity index is 787. The topological polar surface area (TPSA) is 24.1 Å². The summed E-state index contributed by atoms with van der Waals surface area (Å²) >= 11 is 0. The van der Waals surface area contributed by atoms with Crippen molar-refractivity contribution in [3.63, 3.8) is 0 Å². The molecule has 2 nitrogen and oxygen atoms in total. The van der Waals surface area contributed by atoms with Crippen molar-refractivity contribution >= 4 is 11.4 Å². The standard InChI is InChI=1S/C21H18F2N2/c22-16-9-5-14(6-10-16)20-13-21(15-7-11-17(23)12-8-15)25-19-4-2-1-3-18(19)24-20/h1-12,20-21,24-25H,13H2/t20-,21-/m1/s1. The second kappa shape index (κ2) is 6.55. The monoisotopic (exact) mass is 336 g/mol. The normalized spacial score (nSPS) is 19.3. The zero-order valence-electron chi connectivity index (χ0n) is 13.5. The lowest BCUT2D eigenvalue weighted by molar-refractivity contribution is 0.606. The van der Waals surface area contributed by atoms with E-state index < -0.39 is 0 Å². The second-order valence-corrected chi connectivity index (χ2v) is 6.28. The molecule has 3 aromatic rings. The third-order valence-electron chi connectivity index (χ3n) is 4.60. The first-order valence-electron chi connectivity index (χ1n) is 8.32. The van der Waals surface area contributed by atoms with E-state index in [9.17, 15) is 8.78 Å². The molecule has 1 aliphatic rings. The fourth-order valence-corrected chi connectivity index (χ4v) is 3.29. The van der Waals surface area contributed by atoms with Crippen molar-refractivity contribution in [2.75, 3.05) is 10.6 Å². The van der Waals surface area contributed by atoms with Gasteiger partial charge in [-0.15, -0.1) is 0 Å². The second-order valence-electron chi connectivity index (χ2n) is 6.28. The van der Waals surface area contributed by atoms with Gasteiger partial charge in [0.05, 0.1) is 23.5 Å². The lowest BCUT2D eigenvalue weighted by atomic mass is 9.95. The van der Waals surface area contributed by atoms with E-state index in [1.165, 1.54) is 24.3 Å². The van der Waals surface area contributed by atoms with E-state index in [-0.39, 0.29) is 23.7 Å². The Labute approximate surface area is 145 Å². The fraction of sp³-hybridized carbons (Fsp3) is 0.143. The summed E-state index contributed by atoms with van der Waals surface area (Å²) in [4.78, 5) is 0. The zero-order chi connectivity index (χ0) is 17.2. The number of hydrogen-bond acceptors (Lipinski definition) is 2. The van der Waals surface area contributed by atoms with Gasteiger partial charge in [-0.1, -0.05) is 36.4 Å². The summed E-state index contributed by atoms with van der Waals surface area (Å²) < 4.78 is 26.6. The Balaban J connectivity index is 1.72. The minimum absolute atomic E-state index is 0.0202. The Morgan fingerprint density at radius 3 is 1.40 bits per heavy atom. The smallest absolute Gasteiger partial charge is 0.123 e. The molecule has 0 unspecified atom stereocenters. The molecule has 2 N–H and O–H groups in total. The van der Waals surface area contributed by atoms with Gasteiger partial charge in [0.2, 0.25) is 0 Å². The molecule has 0 aliphatic carbocycles. The molecule has 0 bridgehead atoms. The first kappa shape index (κ1) is 15.6. The number of rotatable bonds is 2. The highest BCUT2D eigenvalue weighted by Crippen LogP contribution is 2.38. The molecule has 1 heterocycles. The Kier molecular flexibility index (Phi) is 4.10. The van der Waals surface area contributed by atoms with Crippen molar-refractivity contribution in [1.82, 2.24) is 0 Å². The first-order valence-corrected chi connectivity index (χ1v) is 8.32. The molecule has 0 spiro atoms. The molecular formula is C21H18F2N2. The summed E-state index contributed by atoms with van der Waals surface area (Å²) in [6.45, 7) is 0. The summed E-state index contributed by atoms with van der Waals surface area (Å²) in [5, 5.41) is 7.09. The number of halogens is 2. The highest BCUT2D eigenvalue weighted by Gasteiger charge is 2.24. The van der Waals surface area contributed by atoms with Gasteiger partial charge < -0.3 is 10.6 Å². The Morgan fingerprint density at radius 1 is 0.600 bits per heavy atom. The summed E-state index contributed by atoms with van der Waals surface area (Å²) in [6.07, 6.45) is 0.756. The molecule has 4 heteroatoms. The largest absolute Gasteiger partial charge is 0.376 e. The van der Waals surface area contributed by atoms with Crippen LogP contribution in [0.15, 0.2) is 72.8 Å². The van der Waals surface area contributed by atoms with Gasteiger partial charge in [-0.2, -0.15) is 0 Å². The van der Waals surface area contributed by atoms with Crippen LogP contribution in [0.3, 0.4) is 0 Å². The SMILES string of the molecule is Fc1ccc([C@H]2C[C@H](c3ccc(F)cc3)Nc3ccccc3N2)cc1. The van der Waals surface area contributed by atoms with Gasteiger partial charge in [-0.25, -0.2) is 8.78 Å². The van der Waals surface area contributed by atoms with E-state index in [2.05, 4.69) is 10.6 Å². The molecule has 0 fully saturated rings. The van der Waals surface area contributed by atoms with Crippen molar-refractivity contribution in [3.05, 3.63) is 95.6 Å². The van der Waals surface area contributed by atoms with Gasteiger partial charge >= 0.3 is 0 Å². The molecule has 126 valence electrons. The maximum Gasteiger partial charge on any atom is 0.123 e. The van der Waals surface area contributed by atoms with Crippen molar-refractivity contribution in [2.24, 2.45) is 0 Å². The van der Waals surface area contributed by atoms with Crippen LogP contribution in [0.4, 0.5) is 20.2 Å². The van der Waals surface area contributed by atoms with Crippen LogP contribution in [0.5, 0.6) is 0 Å². The molecule has 2 atom stereocenters. The van der Waals surface area contributed by atoms with Crippen LogP contribution in [-0.2, 0) is 0 Å². The molecule has 0 amide bonds. The van der Waals surface area contributed by atoms with Crippen LogP contribution in [-0.4, -0.2) is 0 Å². The first-order chi connectivity index (χ1) is 12.2. The van der Waals surface area contributed by atoms with Crippen LogP contribution in [0, 0.1) is 11.6 Å². The maximum absolute atomic E-state index is 13.3. The van der Waals surface area contributed by atoms with Crippen LogP contribution >= 0.6 is 0 Å². The van der Waals surface area contributed by atoms with Crippen LogP contribution in [0.2, 0.25) is 0 Å². The Hall–Kier alpha value is -2.88. The summed E-state index contributed by atoms with van der Waals surface area (Å²) in [6, 6.07) is 21.2. The average molecular weight is 336 g/mol. The number of benzene rings is 3. The molecule has 0 saturated carbocycles. The highest BCUT2D eigenvalue weighted by molar-refractivity contribution is 5.70. The maximum atomic E-state index is 13.3. The molecule has 0 saturated heterocycles. The fourth-order valence-electron chi connectivity index (χ4n) is 3.29. The summed E-state index contributed by atoms with van der Waals surface area (Å²) in [7, 11) is 0. The molecule has 3 aromatic carbocycles. The Morgan fingerprint density at radius 2 is 1.00 bits per heavy atom. The van der Waals surface area contributed by atoms with E-state index in [1.54, 1.807) is 0 Å². The predicted molar refractivity (Wildman–Crippen MR) is 96.6 cm³/mol. The van der Waals surface area contributed by atoms with Gasteiger partial charge in [-0.05, 0) is 53.9 Å². The van der Waals surface area contributed by atoms with Gasteiger partial charge in [0.15, 0.2) is 0 Å². The van der Waals surface area contributed by atoms with Gasteiger partial charge in [0, 0.05) is 0 Å². The van der Waals surface area contributed by atoms with Crippen molar-refractivity contribution < 1.29 is 8.78 Å². The molecular weight excluding hydrogens is 318 g/mol. The van der Waals surface area contributed by atoms with E-state index in [0.29, 0.717) is 0 Å². The summed E-state index contributed by atoms with van der Waals surface area (Å²) in [5.41, 5.74) is 4.04. The number of para-hydroxylation sites is 2. The number of nitrogens with one attached hydrogen (secondary N) is 2. The molecule has 0 radical (unpaired) electrons. The van der Waals surface area contributed by atoms with Crippen molar-refractivity contribution in [2.45, 2.75) is 18.5 Å². The predicted octanol–water partition coefficient (Wildman–Crippen LogP) is 5.67. The minimum atomic E-state index is -0.244. The van der Waals surface area contributed by atoms with E-state index in [0.717, 1.165) is 28.9 Å². The highest BCUT2D eigenvalue weighted by atomic mass is 19.1. The van der Waals surface area contributed by atoms with E-state index in [4.69, 9.17) is 0 Å². The van der Waals surface area contributed by atoms with Crippen LogP contribution in [0.1, 0.15) is 29.6 Å². The molecule has 25 heavy (non-hydrogen) atoms. The van der Waals surface area contributed by atoms with Crippen molar-refractivity contribution in [3.8, 4) is 0 Å². The lowest BCUT2D eigenvalue weighted by Crippen LogP contribution is -2.15. The van der Waals surface area contributed by atoms with Crippen molar-refractivity contribution in [1.29, 1.82) is 0 Å². The average Bonchev–Trinajstić information content (AvgIpc) is 2.82. The van der Waals surface area contributed by atoms with Crippen LogP contribution in [0.25, 0.3) is 0 Å². The third-order valence-corrected chi connectivity index (χ3v) is 4.60. The summed E-state index contributed by atoms with van der Waals surface area (Å²) in [5.74, 6) is -0.489. The van der Waals surface area contributed by atoms with Gasteiger partial charge in [0.25, 0.3) is 0 Å². The number of fused-ring (bicyclic) bond motifs is 1. The lowest BCUT2D eigenvalue weighted by Gasteiger charge is -2.22. The quantitative estimate of drug-likeness (QED) is 0.629. The third kappa shape index (κ3) is 3.33. The van der Waals surface area contributed by atoms with Gasteiger partial charge in [-0.3, -0.25) is 0 Å². The van der Waals surface area contributed by atoms with E-state index in [1.807, 2.05) is 48.5 Å². The molecule has 1 aliphatic heterocycles. The van der Waals surface area contributed by atoms with E-state index >= 15 is 0 Å². The van der Waals surface area contributed by atoms with Crippen LogP contribution < -0.4 is 10.6 Å². The number of anilines is 2. The zero-order valence-corrected chi connectivity index (χ0v) is 13.5. The molecule has 4 rings (SSSR count). The minimum Gasteiger partial charge on any atom is -0.376 e.